The van der Waals surface area contributed by atoms with Crippen molar-refractivity contribution in [2.45, 2.75) is 52.1 Å². The zero-order valence-corrected chi connectivity index (χ0v) is 13.2. The second-order valence-electron chi connectivity index (χ2n) is 6.45. The largest absolute Gasteiger partial charge is 0.481 e. The van der Waals surface area contributed by atoms with Crippen molar-refractivity contribution in [3.05, 3.63) is 11.9 Å². The van der Waals surface area contributed by atoms with Gasteiger partial charge in [0.25, 0.3) is 0 Å². The summed E-state index contributed by atoms with van der Waals surface area (Å²) in [4.78, 5) is 11.0. The van der Waals surface area contributed by atoms with Gasteiger partial charge in [-0.2, -0.15) is 0 Å². The molecule has 2 heterocycles. The second kappa shape index (κ2) is 5.95. The molecular weight excluding hydrogens is 252 g/mol. The van der Waals surface area contributed by atoms with Gasteiger partial charge < -0.3 is 15.0 Å². The number of hydrogen-bond acceptors (Lipinski definition) is 5. The Morgan fingerprint density at radius 2 is 2.15 bits per heavy atom. The van der Waals surface area contributed by atoms with Crippen LogP contribution in [0.2, 0.25) is 0 Å². The summed E-state index contributed by atoms with van der Waals surface area (Å²) in [7, 11) is 1.65. The van der Waals surface area contributed by atoms with Gasteiger partial charge in [-0.15, -0.1) is 0 Å². The van der Waals surface area contributed by atoms with E-state index in [0.29, 0.717) is 11.9 Å². The lowest BCUT2D eigenvalue weighted by molar-refractivity contribution is 0.391. The Morgan fingerprint density at radius 1 is 1.40 bits per heavy atom. The monoisotopic (exact) mass is 278 g/mol. The highest BCUT2D eigenvalue weighted by Crippen LogP contribution is 2.29. The van der Waals surface area contributed by atoms with Crippen molar-refractivity contribution in [3.8, 4) is 5.88 Å². The number of nitrogens with one attached hydrogen (secondary N) is 1. The average Bonchev–Trinajstić information content (AvgIpc) is 2.84. The zero-order valence-electron chi connectivity index (χ0n) is 13.2. The van der Waals surface area contributed by atoms with Gasteiger partial charge in [-0.3, -0.25) is 0 Å². The number of aromatic nitrogens is 2. The molecule has 0 amide bonds. The summed E-state index contributed by atoms with van der Waals surface area (Å²) in [5.41, 5.74) is 1.17. The standard InChI is InChI=1S/C15H26N4O/c1-11-13(16-10-17-14(11)20-5)19-8-6-7-12(19)9-18-15(2,3)4/h10,12,18H,6-9H2,1-5H3. The van der Waals surface area contributed by atoms with Gasteiger partial charge in [0.1, 0.15) is 12.1 Å². The van der Waals surface area contributed by atoms with E-state index in [0.717, 1.165) is 24.5 Å². The maximum Gasteiger partial charge on any atom is 0.221 e. The first-order chi connectivity index (χ1) is 9.42. The summed E-state index contributed by atoms with van der Waals surface area (Å²) in [6, 6.07) is 0.493. The fourth-order valence-electron chi connectivity index (χ4n) is 2.67. The van der Waals surface area contributed by atoms with E-state index in [1.54, 1.807) is 13.4 Å². The van der Waals surface area contributed by atoms with Crippen LogP contribution in [-0.2, 0) is 0 Å². The van der Waals surface area contributed by atoms with Crippen molar-refractivity contribution in [1.82, 2.24) is 15.3 Å². The van der Waals surface area contributed by atoms with Crippen molar-refractivity contribution < 1.29 is 4.74 Å². The number of nitrogens with zero attached hydrogens (tertiary/aromatic N) is 3. The van der Waals surface area contributed by atoms with E-state index in [4.69, 9.17) is 4.74 Å². The molecule has 5 nitrogen and oxygen atoms in total. The Hall–Kier alpha value is -1.36. The lowest BCUT2D eigenvalue weighted by Crippen LogP contribution is -2.45. The van der Waals surface area contributed by atoms with Crippen molar-refractivity contribution in [2.75, 3.05) is 25.1 Å². The molecule has 20 heavy (non-hydrogen) atoms. The summed E-state index contributed by atoms with van der Waals surface area (Å²) in [6.07, 6.45) is 4.00. The van der Waals surface area contributed by atoms with Gasteiger partial charge >= 0.3 is 0 Å². The molecule has 1 aliphatic heterocycles. The van der Waals surface area contributed by atoms with Gasteiger partial charge in [0.2, 0.25) is 5.88 Å². The molecule has 1 unspecified atom stereocenters. The van der Waals surface area contributed by atoms with Gasteiger partial charge in [0, 0.05) is 24.7 Å². The third-order valence-corrected chi connectivity index (χ3v) is 3.72. The number of ether oxygens (including phenoxy) is 1. The topological polar surface area (TPSA) is 50.3 Å². The van der Waals surface area contributed by atoms with Crippen LogP contribution in [0.1, 0.15) is 39.2 Å². The first-order valence-corrected chi connectivity index (χ1v) is 7.29. The molecule has 5 heteroatoms. The molecule has 0 spiro atoms. The Morgan fingerprint density at radius 3 is 2.80 bits per heavy atom. The summed E-state index contributed by atoms with van der Waals surface area (Å²) in [5, 5.41) is 3.60. The van der Waals surface area contributed by atoms with Crippen LogP contribution in [0.5, 0.6) is 5.88 Å². The first-order valence-electron chi connectivity index (χ1n) is 7.29. The number of hydrogen-bond donors (Lipinski definition) is 1. The van der Waals surface area contributed by atoms with Gasteiger partial charge in [0.15, 0.2) is 0 Å². The molecule has 1 aromatic heterocycles. The van der Waals surface area contributed by atoms with Crippen molar-refractivity contribution >= 4 is 5.82 Å². The van der Waals surface area contributed by atoms with Gasteiger partial charge in [0.05, 0.1) is 12.7 Å². The molecule has 0 saturated carbocycles. The maximum atomic E-state index is 5.30. The fourth-order valence-corrected chi connectivity index (χ4v) is 2.67. The quantitative estimate of drug-likeness (QED) is 0.914. The molecular formula is C15H26N4O. The van der Waals surface area contributed by atoms with E-state index in [1.165, 1.54) is 12.8 Å². The SMILES string of the molecule is COc1ncnc(N2CCCC2CNC(C)(C)C)c1C. The predicted octanol–water partition coefficient (Wildman–Crippen LogP) is 2.15. The Kier molecular flexibility index (Phi) is 4.48. The highest BCUT2D eigenvalue weighted by Gasteiger charge is 2.28. The highest BCUT2D eigenvalue weighted by molar-refractivity contribution is 5.51. The van der Waals surface area contributed by atoms with Gasteiger partial charge in [-0.25, -0.2) is 9.97 Å². The molecule has 1 aromatic rings. The highest BCUT2D eigenvalue weighted by atomic mass is 16.5. The van der Waals surface area contributed by atoms with E-state index in [-0.39, 0.29) is 5.54 Å². The minimum Gasteiger partial charge on any atom is -0.481 e. The van der Waals surface area contributed by atoms with Crippen molar-refractivity contribution in [1.29, 1.82) is 0 Å². The van der Waals surface area contributed by atoms with E-state index in [2.05, 4.69) is 41.0 Å². The average molecular weight is 278 g/mol. The van der Waals surface area contributed by atoms with Crippen LogP contribution in [-0.4, -0.2) is 41.7 Å². The van der Waals surface area contributed by atoms with Gasteiger partial charge in [-0.1, -0.05) is 0 Å². The fraction of sp³-hybridized carbons (Fsp3) is 0.733. The molecule has 0 radical (unpaired) electrons. The lowest BCUT2D eigenvalue weighted by atomic mass is 10.1. The Balaban J connectivity index is 2.14. The number of anilines is 1. The molecule has 0 bridgehead atoms. The molecule has 2 rings (SSSR count). The van der Waals surface area contributed by atoms with E-state index >= 15 is 0 Å². The summed E-state index contributed by atoms with van der Waals surface area (Å²) in [5.74, 6) is 1.68. The lowest BCUT2D eigenvalue weighted by Gasteiger charge is -2.30. The molecule has 1 N–H and O–H groups in total. The zero-order chi connectivity index (χ0) is 14.8. The van der Waals surface area contributed by atoms with Crippen molar-refractivity contribution in [2.24, 2.45) is 0 Å². The molecule has 112 valence electrons. The smallest absolute Gasteiger partial charge is 0.221 e. The molecule has 1 atom stereocenters. The van der Waals surface area contributed by atoms with E-state index < -0.39 is 0 Å². The van der Waals surface area contributed by atoms with Crippen LogP contribution in [0.15, 0.2) is 6.33 Å². The first kappa shape index (κ1) is 15.0. The minimum atomic E-state index is 0.146. The van der Waals surface area contributed by atoms with E-state index in [1.807, 2.05) is 6.92 Å². The van der Waals surface area contributed by atoms with Gasteiger partial charge in [-0.05, 0) is 40.5 Å². The third-order valence-electron chi connectivity index (χ3n) is 3.72. The number of methoxy groups -OCH3 is 1. The molecule has 1 saturated heterocycles. The summed E-state index contributed by atoms with van der Waals surface area (Å²) < 4.78 is 5.30. The van der Waals surface area contributed by atoms with Crippen LogP contribution in [0.25, 0.3) is 0 Å². The van der Waals surface area contributed by atoms with Crippen LogP contribution in [0, 0.1) is 6.92 Å². The summed E-state index contributed by atoms with van der Waals surface area (Å²) >= 11 is 0. The number of rotatable bonds is 4. The summed E-state index contributed by atoms with van der Waals surface area (Å²) in [6.45, 7) is 10.7. The third kappa shape index (κ3) is 3.39. The molecule has 1 aliphatic rings. The predicted molar refractivity (Wildman–Crippen MR) is 81.4 cm³/mol. The Labute approximate surface area is 121 Å². The van der Waals surface area contributed by atoms with E-state index in [9.17, 15) is 0 Å². The normalized spacial score (nSPS) is 19.4. The molecule has 0 aliphatic carbocycles. The second-order valence-corrected chi connectivity index (χ2v) is 6.45. The maximum absolute atomic E-state index is 5.30. The van der Waals surface area contributed by atoms with Crippen LogP contribution >= 0.6 is 0 Å². The van der Waals surface area contributed by atoms with Crippen LogP contribution < -0.4 is 15.0 Å². The van der Waals surface area contributed by atoms with Crippen molar-refractivity contribution in [3.63, 3.8) is 0 Å². The molecule has 1 fully saturated rings. The minimum absolute atomic E-state index is 0.146. The van der Waals surface area contributed by atoms with Crippen LogP contribution in [0.4, 0.5) is 5.82 Å². The molecule has 0 aromatic carbocycles. The Bertz CT molecular complexity index is 456. The van der Waals surface area contributed by atoms with Crippen LogP contribution in [0.3, 0.4) is 0 Å².